The number of nitrogens with zero attached hydrogens (tertiary/aromatic N) is 3. The van der Waals surface area contributed by atoms with Crippen LogP contribution in [-0.4, -0.2) is 47.0 Å². The summed E-state index contributed by atoms with van der Waals surface area (Å²) in [4.78, 5) is 23.1. The van der Waals surface area contributed by atoms with Gasteiger partial charge in [-0.2, -0.15) is 0 Å². The van der Waals surface area contributed by atoms with Gasteiger partial charge in [0, 0.05) is 25.2 Å². The minimum atomic E-state index is 0.163. The molecular weight excluding hydrogens is 278 g/mol. The van der Waals surface area contributed by atoms with E-state index < -0.39 is 0 Å². The van der Waals surface area contributed by atoms with E-state index in [1.54, 1.807) is 0 Å². The number of carbonyl (C=O) groups is 1. The summed E-state index contributed by atoms with van der Waals surface area (Å²) >= 11 is 0. The molecule has 3 heterocycles. The van der Waals surface area contributed by atoms with E-state index in [4.69, 9.17) is 0 Å². The van der Waals surface area contributed by atoms with Crippen LogP contribution in [0.5, 0.6) is 0 Å². The van der Waals surface area contributed by atoms with Crippen molar-refractivity contribution in [1.29, 1.82) is 0 Å². The second-order valence-corrected chi connectivity index (χ2v) is 6.17. The molecule has 0 saturated carbocycles. The minimum absolute atomic E-state index is 0.163. The molecule has 120 valence electrons. The number of piperidine rings is 1. The van der Waals surface area contributed by atoms with E-state index in [0.29, 0.717) is 12.6 Å². The second kappa shape index (κ2) is 7.05. The molecule has 0 bridgehead atoms. The fourth-order valence-electron chi connectivity index (χ4n) is 3.22. The molecule has 0 aliphatic carbocycles. The molecule has 6 nitrogen and oxygen atoms in total. The molecule has 2 N–H and O–H groups in total. The van der Waals surface area contributed by atoms with E-state index in [2.05, 4.69) is 20.6 Å². The zero-order chi connectivity index (χ0) is 15.4. The molecule has 2 aliphatic heterocycles. The van der Waals surface area contributed by atoms with Crippen molar-refractivity contribution >= 4 is 11.7 Å². The van der Waals surface area contributed by atoms with Crippen molar-refractivity contribution in [2.24, 2.45) is 0 Å². The lowest BCUT2D eigenvalue weighted by molar-refractivity contribution is -0.130. The highest BCUT2D eigenvalue weighted by Crippen LogP contribution is 2.23. The molecule has 1 aromatic rings. The van der Waals surface area contributed by atoms with Crippen molar-refractivity contribution in [3.05, 3.63) is 17.6 Å². The molecule has 0 aromatic carbocycles. The molecule has 1 amide bonds. The Bertz CT molecular complexity index is 521. The number of aryl methyl sites for hydroxylation is 1. The van der Waals surface area contributed by atoms with Crippen molar-refractivity contribution in [1.82, 2.24) is 20.2 Å². The molecule has 6 heteroatoms. The van der Waals surface area contributed by atoms with Gasteiger partial charge in [0.15, 0.2) is 0 Å². The first-order valence-corrected chi connectivity index (χ1v) is 8.33. The maximum Gasteiger partial charge on any atom is 0.241 e. The fourth-order valence-corrected chi connectivity index (χ4v) is 3.22. The monoisotopic (exact) mass is 303 g/mol. The number of aromatic nitrogens is 2. The molecule has 3 rings (SSSR count). The van der Waals surface area contributed by atoms with Crippen LogP contribution in [0.15, 0.2) is 6.07 Å². The van der Waals surface area contributed by atoms with Crippen LogP contribution in [0.3, 0.4) is 0 Å². The number of hydrogen-bond donors (Lipinski definition) is 2. The zero-order valence-electron chi connectivity index (χ0n) is 13.3. The van der Waals surface area contributed by atoms with Crippen molar-refractivity contribution in [3.8, 4) is 0 Å². The highest BCUT2D eigenvalue weighted by atomic mass is 16.2. The van der Waals surface area contributed by atoms with Gasteiger partial charge in [0.2, 0.25) is 5.91 Å². The van der Waals surface area contributed by atoms with Crippen LogP contribution in [0.1, 0.15) is 49.7 Å². The van der Waals surface area contributed by atoms with Crippen LogP contribution >= 0.6 is 0 Å². The number of hydrogen-bond acceptors (Lipinski definition) is 5. The summed E-state index contributed by atoms with van der Waals surface area (Å²) < 4.78 is 0. The Hall–Kier alpha value is -1.69. The van der Waals surface area contributed by atoms with E-state index >= 15 is 0 Å². The Morgan fingerprint density at radius 2 is 2.14 bits per heavy atom. The molecule has 2 aliphatic rings. The van der Waals surface area contributed by atoms with Crippen molar-refractivity contribution in [3.63, 3.8) is 0 Å². The van der Waals surface area contributed by atoms with Gasteiger partial charge in [-0.05, 0) is 45.6 Å². The van der Waals surface area contributed by atoms with Crippen LogP contribution < -0.4 is 10.6 Å². The summed E-state index contributed by atoms with van der Waals surface area (Å²) in [6.07, 6.45) is 5.78. The molecular formula is C16H25N5O. The SMILES string of the molecule is Cc1nc(NCC(=O)N2CCCCC2)cc([C@H]2CCCN2)n1. The predicted octanol–water partition coefficient (Wildman–Crippen LogP) is 1.63. The van der Waals surface area contributed by atoms with Gasteiger partial charge in [-0.15, -0.1) is 0 Å². The van der Waals surface area contributed by atoms with Crippen LogP contribution in [0.2, 0.25) is 0 Å². The van der Waals surface area contributed by atoms with E-state index in [0.717, 1.165) is 56.2 Å². The van der Waals surface area contributed by atoms with E-state index in [9.17, 15) is 4.79 Å². The van der Waals surface area contributed by atoms with Crippen molar-refractivity contribution in [2.45, 2.75) is 45.1 Å². The molecule has 2 fully saturated rings. The zero-order valence-corrected chi connectivity index (χ0v) is 13.3. The molecule has 1 atom stereocenters. The fraction of sp³-hybridized carbons (Fsp3) is 0.688. The lowest BCUT2D eigenvalue weighted by atomic mass is 10.1. The van der Waals surface area contributed by atoms with Gasteiger partial charge in [-0.3, -0.25) is 4.79 Å². The molecule has 2 saturated heterocycles. The summed E-state index contributed by atoms with van der Waals surface area (Å²) in [6.45, 7) is 5.04. The standard InChI is InChI=1S/C16H25N5O/c1-12-19-14(13-6-5-7-17-13)10-15(20-12)18-11-16(22)21-8-3-2-4-9-21/h10,13,17H,2-9,11H2,1H3,(H,18,19,20)/t13-/m1/s1. The first kappa shape index (κ1) is 15.2. The summed E-state index contributed by atoms with van der Waals surface area (Å²) in [6, 6.07) is 2.29. The Labute approximate surface area is 131 Å². The molecule has 1 aromatic heterocycles. The maximum absolute atomic E-state index is 12.2. The maximum atomic E-state index is 12.2. The van der Waals surface area contributed by atoms with Gasteiger partial charge in [0.05, 0.1) is 12.2 Å². The highest BCUT2D eigenvalue weighted by Gasteiger charge is 2.19. The summed E-state index contributed by atoms with van der Waals surface area (Å²) in [5.74, 6) is 1.66. The number of rotatable bonds is 4. The number of likely N-dealkylation sites (tertiary alicyclic amines) is 1. The Morgan fingerprint density at radius 1 is 1.32 bits per heavy atom. The molecule has 0 unspecified atom stereocenters. The van der Waals surface area contributed by atoms with Crippen LogP contribution in [-0.2, 0) is 4.79 Å². The first-order chi connectivity index (χ1) is 10.7. The third-order valence-corrected chi connectivity index (χ3v) is 4.40. The second-order valence-electron chi connectivity index (χ2n) is 6.17. The smallest absolute Gasteiger partial charge is 0.241 e. The average Bonchev–Trinajstić information content (AvgIpc) is 3.07. The lowest BCUT2D eigenvalue weighted by Crippen LogP contribution is -2.39. The van der Waals surface area contributed by atoms with Gasteiger partial charge >= 0.3 is 0 Å². The Balaban J connectivity index is 1.60. The van der Waals surface area contributed by atoms with E-state index in [1.807, 2.05) is 17.9 Å². The molecule has 22 heavy (non-hydrogen) atoms. The van der Waals surface area contributed by atoms with Gasteiger partial charge in [-0.25, -0.2) is 9.97 Å². The largest absolute Gasteiger partial charge is 0.361 e. The summed E-state index contributed by atoms with van der Waals surface area (Å²) in [7, 11) is 0. The highest BCUT2D eigenvalue weighted by molar-refractivity contribution is 5.80. The van der Waals surface area contributed by atoms with Gasteiger partial charge in [-0.1, -0.05) is 0 Å². The summed E-state index contributed by atoms with van der Waals surface area (Å²) in [5.41, 5.74) is 1.03. The third-order valence-electron chi connectivity index (χ3n) is 4.40. The number of anilines is 1. The Kier molecular flexibility index (Phi) is 4.87. The number of nitrogens with one attached hydrogen (secondary N) is 2. The molecule has 0 spiro atoms. The Morgan fingerprint density at radius 3 is 2.86 bits per heavy atom. The summed E-state index contributed by atoms with van der Waals surface area (Å²) in [5, 5.41) is 6.63. The van der Waals surface area contributed by atoms with E-state index in [-0.39, 0.29) is 5.91 Å². The number of amides is 1. The number of carbonyl (C=O) groups excluding carboxylic acids is 1. The van der Waals surface area contributed by atoms with Crippen LogP contribution in [0, 0.1) is 6.92 Å². The van der Waals surface area contributed by atoms with Crippen molar-refractivity contribution < 1.29 is 4.79 Å². The first-order valence-electron chi connectivity index (χ1n) is 8.33. The lowest BCUT2D eigenvalue weighted by Gasteiger charge is -2.26. The third kappa shape index (κ3) is 3.74. The van der Waals surface area contributed by atoms with Crippen LogP contribution in [0.25, 0.3) is 0 Å². The van der Waals surface area contributed by atoms with Gasteiger partial charge < -0.3 is 15.5 Å². The normalized spacial score (nSPS) is 21.9. The predicted molar refractivity (Wildman–Crippen MR) is 85.7 cm³/mol. The topological polar surface area (TPSA) is 70.2 Å². The average molecular weight is 303 g/mol. The minimum Gasteiger partial charge on any atom is -0.361 e. The van der Waals surface area contributed by atoms with Crippen LogP contribution in [0.4, 0.5) is 5.82 Å². The van der Waals surface area contributed by atoms with Crippen molar-refractivity contribution in [2.75, 3.05) is 31.5 Å². The van der Waals surface area contributed by atoms with E-state index in [1.165, 1.54) is 12.8 Å². The quantitative estimate of drug-likeness (QED) is 0.885. The molecule has 0 radical (unpaired) electrons. The van der Waals surface area contributed by atoms with Gasteiger partial charge in [0.25, 0.3) is 0 Å². The van der Waals surface area contributed by atoms with Gasteiger partial charge in [0.1, 0.15) is 11.6 Å².